The van der Waals surface area contributed by atoms with Crippen LogP contribution in [0.3, 0.4) is 0 Å². The molecule has 0 bridgehead atoms. The van der Waals surface area contributed by atoms with Gasteiger partial charge in [-0.2, -0.15) is 0 Å². The molecule has 0 radical (unpaired) electrons. The molecule has 0 fully saturated rings. The first-order valence-corrected chi connectivity index (χ1v) is 30.7. The van der Waals surface area contributed by atoms with Gasteiger partial charge in [-0.25, -0.2) is 9.97 Å². The van der Waals surface area contributed by atoms with Crippen molar-refractivity contribution in [3.8, 4) is 33.4 Å². The number of hydrogen-bond donors (Lipinski definition) is 0. The molecular formula is C84H44N4O2. The summed E-state index contributed by atoms with van der Waals surface area (Å²) in [6.07, 6.45) is 0. The summed E-state index contributed by atoms with van der Waals surface area (Å²) < 4.78 is 3.62. The van der Waals surface area contributed by atoms with Crippen molar-refractivity contribution in [1.29, 1.82) is 0 Å². The Labute approximate surface area is 510 Å². The Bertz CT molecular complexity index is 6820. The number of para-hydroxylation sites is 2. The average Bonchev–Trinajstić information content (AvgIpc) is 1.29. The van der Waals surface area contributed by atoms with Crippen molar-refractivity contribution in [2.45, 2.75) is 0 Å². The molecule has 6 heteroatoms. The lowest BCUT2D eigenvalue weighted by Gasteiger charge is -2.15. The van der Waals surface area contributed by atoms with Crippen molar-refractivity contribution in [3.05, 3.63) is 288 Å². The summed E-state index contributed by atoms with van der Waals surface area (Å²) in [5, 5.41) is 30.0. The predicted molar refractivity (Wildman–Crippen MR) is 378 cm³/mol. The van der Waals surface area contributed by atoms with Crippen molar-refractivity contribution in [2.24, 2.45) is 0 Å². The third-order valence-electron chi connectivity index (χ3n) is 20.0. The number of rotatable bonds is 3. The molecule has 4 heterocycles. The van der Waals surface area contributed by atoms with E-state index >= 15 is 4.79 Å². The number of imidazole rings is 2. The van der Waals surface area contributed by atoms with Crippen LogP contribution >= 0.6 is 0 Å². The zero-order chi connectivity index (χ0) is 58.8. The maximum absolute atomic E-state index is 15.4. The number of benzene rings is 18. The van der Waals surface area contributed by atoms with Crippen LogP contribution in [0.2, 0.25) is 0 Å². The summed E-state index contributed by atoms with van der Waals surface area (Å²) in [6, 6.07) is 95.4. The Hall–Kier alpha value is -12.1. The minimum Gasteiger partial charge on any atom is -0.268 e. The molecule has 0 saturated carbocycles. The maximum Gasteiger partial charge on any atom is 0.264 e. The molecule has 22 aromatic rings. The van der Waals surface area contributed by atoms with Crippen LogP contribution in [0.1, 0.15) is 0 Å². The fourth-order valence-corrected chi connectivity index (χ4v) is 16.1. The SMILES string of the molecule is O=c1c2cccc3c(-c4cc5ccc6cccc7ccc(c4)c5c67)ccc(c32)c2nc3c(-c4cc5ccc6cccc7ccc(c4)c5c67)cc(-c4cc5ccc6cccc7ccc(c4)c5c67)cc3n12.O=c1c2cccc3cccc(c32)c2nc3ccccc3n12. The van der Waals surface area contributed by atoms with Gasteiger partial charge in [-0.3, -0.25) is 18.4 Å². The first-order chi connectivity index (χ1) is 44.4. The summed E-state index contributed by atoms with van der Waals surface area (Å²) in [6.45, 7) is 0. The van der Waals surface area contributed by atoms with Crippen molar-refractivity contribution < 1.29 is 0 Å². The molecule has 6 nitrogen and oxygen atoms in total. The number of nitrogens with zero attached hydrogens (tertiary/aromatic N) is 4. The second kappa shape index (κ2) is 17.3. The Morgan fingerprint density at radius 3 is 1.13 bits per heavy atom. The average molecular weight is 1140 g/mol. The summed E-state index contributed by atoms with van der Waals surface area (Å²) in [7, 11) is 0. The van der Waals surface area contributed by atoms with Gasteiger partial charge in [-0.1, -0.05) is 188 Å². The van der Waals surface area contributed by atoms with E-state index < -0.39 is 0 Å². The van der Waals surface area contributed by atoms with Crippen LogP contribution < -0.4 is 11.1 Å². The van der Waals surface area contributed by atoms with Crippen LogP contribution in [0.15, 0.2) is 277 Å². The molecular weight excluding hydrogens is 1100 g/mol. The van der Waals surface area contributed by atoms with Gasteiger partial charge in [0.15, 0.2) is 0 Å². The Kier molecular flexibility index (Phi) is 9.24. The van der Waals surface area contributed by atoms with E-state index in [0.29, 0.717) is 11.0 Å². The zero-order valence-electron chi connectivity index (χ0n) is 48.0. The van der Waals surface area contributed by atoms with Gasteiger partial charge in [0.05, 0.1) is 22.1 Å². The van der Waals surface area contributed by atoms with Gasteiger partial charge >= 0.3 is 0 Å². The minimum atomic E-state index is -0.0625. The molecule has 412 valence electrons. The van der Waals surface area contributed by atoms with Gasteiger partial charge < -0.3 is 0 Å². The lowest BCUT2D eigenvalue weighted by Crippen LogP contribution is -2.13. The monoisotopic (exact) mass is 1140 g/mol. The first kappa shape index (κ1) is 48.0. The second-order valence-electron chi connectivity index (χ2n) is 24.7. The van der Waals surface area contributed by atoms with Crippen molar-refractivity contribution in [2.75, 3.05) is 0 Å². The Morgan fingerprint density at radius 2 is 0.600 bits per heavy atom. The molecule has 0 spiro atoms. The predicted octanol–water partition coefficient (Wildman–Crippen LogP) is 20.9. The quantitative estimate of drug-likeness (QED) is 0.165. The van der Waals surface area contributed by atoms with Crippen LogP contribution in [0, 0.1) is 0 Å². The molecule has 0 atom stereocenters. The third-order valence-corrected chi connectivity index (χ3v) is 20.0. The van der Waals surface area contributed by atoms with Gasteiger partial charge in [0.1, 0.15) is 11.3 Å². The highest BCUT2D eigenvalue weighted by Gasteiger charge is 2.24. The molecule has 0 aliphatic heterocycles. The number of pyridine rings is 2. The third kappa shape index (κ3) is 6.40. The van der Waals surface area contributed by atoms with E-state index in [4.69, 9.17) is 4.98 Å². The fourth-order valence-electron chi connectivity index (χ4n) is 16.1. The normalized spacial score (nSPS) is 12.5. The summed E-state index contributed by atoms with van der Waals surface area (Å²) >= 11 is 0. The topological polar surface area (TPSA) is 68.7 Å². The van der Waals surface area contributed by atoms with Crippen LogP contribution in [-0.2, 0) is 0 Å². The fraction of sp³-hybridized carbons (Fsp3) is 0. The highest BCUT2D eigenvalue weighted by Crippen LogP contribution is 2.46. The van der Waals surface area contributed by atoms with Gasteiger partial charge in [0.2, 0.25) is 0 Å². The standard InChI is InChI=1S/C66H34N2O.C18H10N2O/c69-66-54-12-4-11-52-51(49-29-43-21-15-37-7-2-8-38-16-22-44(30-49)61(43)58(37)38)25-26-53(63(52)54)65-67-64-55(50-31-45-23-17-39-9-3-10-40-18-24-46(32-50)62(45)59(39)40)33-48(34-56(64)68(65)66)47-27-41-19-13-35-5-1-6-36-14-20-42(28-47)60(41)57(35)36;21-18-13-8-4-6-11-5-3-7-12(16(11)13)17-19-14-9-1-2-10-15(14)20(17)18/h1-34H;1-10H. The number of aromatic nitrogens is 4. The molecule has 0 aliphatic carbocycles. The lowest BCUT2D eigenvalue weighted by atomic mass is 9.89. The first-order valence-electron chi connectivity index (χ1n) is 30.7. The number of fused-ring (bicyclic) bond motifs is 8. The highest BCUT2D eigenvalue weighted by atomic mass is 16.1. The summed E-state index contributed by atoms with van der Waals surface area (Å²) in [5.41, 5.74) is 11.1. The highest BCUT2D eigenvalue weighted by molar-refractivity contribution is 6.28. The molecule has 22 rings (SSSR count). The van der Waals surface area contributed by atoms with Crippen molar-refractivity contribution in [3.63, 3.8) is 0 Å². The Morgan fingerprint density at radius 1 is 0.233 bits per heavy atom. The van der Waals surface area contributed by atoms with E-state index in [0.717, 1.165) is 98.8 Å². The van der Waals surface area contributed by atoms with Crippen LogP contribution in [0.4, 0.5) is 0 Å². The molecule has 0 N–H and O–H groups in total. The van der Waals surface area contributed by atoms with E-state index in [1.807, 2.05) is 77.2 Å². The van der Waals surface area contributed by atoms with Gasteiger partial charge in [-0.15, -0.1) is 0 Å². The largest absolute Gasteiger partial charge is 0.268 e. The van der Waals surface area contributed by atoms with Gasteiger partial charge in [0.25, 0.3) is 11.1 Å². The molecule has 0 saturated heterocycles. The van der Waals surface area contributed by atoms with Gasteiger partial charge in [0, 0.05) is 37.9 Å². The second-order valence-corrected chi connectivity index (χ2v) is 24.7. The zero-order valence-corrected chi connectivity index (χ0v) is 48.0. The van der Waals surface area contributed by atoms with Crippen molar-refractivity contribution in [1.82, 2.24) is 18.8 Å². The lowest BCUT2D eigenvalue weighted by molar-refractivity contribution is 1.19. The minimum absolute atomic E-state index is 0.00278. The Balaban J connectivity index is 0.000000220. The molecule has 0 unspecified atom stereocenters. The number of hydrogen-bond acceptors (Lipinski definition) is 4. The molecule has 4 aromatic heterocycles. The summed E-state index contributed by atoms with van der Waals surface area (Å²) in [5.74, 6) is 0. The van der Waals surface area contributed by atoms with E-state index in [9.17, 15) is 4.79 Å². The van der Waals surface area contributed by atoms with E-state index in [2.05, 4.69) is 199 Å². The molecule has 90 heavy (non-hydrogen) atoms. The van der Waals surface area contributed by atoms with Crippen LogP contribution in [-0.4, -0.2) is 18.8 Å². The molecule has 0 amide bonds. The van der Waals surface area contributed by atoms with E-state index in [-0.39, 0.29) is 11.1 Å². The summed E-state index contributed by atoms with van der Waals surface area (Å²) in [4.78, 5) is 38.6. The van der Waals surface area contributed by atoms with Crippen LogP contribution in [0.25, 0.3) is 207 Å². The van der Waals surface area contributed by atoms with E-state index in [1.54, 1.807) is 4.40 Å². The van der Waals surface area contributed by atoms with E-state index in [1.165, 1.54) is 97.0 Å². The molecule has 0 aliphatic rings. The van der Waals surface area contributed by atoms with Gasteiger partial charge in [-0.05, 0) is 214 Å². The smallest absolute Gasteiger partial charge is 0.264 e. The molecule has 18 aromatic carbocycles. The maximum atomic E-state index is 15.4. The van der Waals surface area contributed by atoms with Crippen molar-refractivity contribution >= 4 is 173 Å². The van der Waals surface area contributed by atoms with Crippen LogP contribution in [0.5, 0.6) is 0 Å².